The average molecular weight is 308 g/mol. The molecule has 0 aliphatic heterocycles. The van der Waals surface area contributed by atoms with E-state index in [1.54, 1.807) is 0 Å². The van der Waals surface area contributed by atoms with Crippen LogP contribution in [0.1, 0.15) is 11.9 Å². The van der Waals surface area contributed by atoms with Crippen LogP contribution >= 0.6 is 0 Å². The predicted octanol–water partition coefficient (Wildman–Crippen LogP) is 2.54. The minimum Gasteiger partial charge on any atom is -0.441 e. The Morgan fingerprint density at radius 3 is 2.57 bits per heavy atom. The van der Waals surface area contributed by atoms with Crippen molar-refractivity contribution < 1.29 is 9.52 Å². The van der Waals surface area contributed by atoms with Crippen LogP contribution in [0.5, 0.6) is 0 Å². The van der Waals surface area contributed by atoms with Gasteiger partial charge in [-0.1, -0.05) is 24.3 Å². The third-order valence-electron chi connectivity index (χ3n) is 3.95. The molecular formula is C17H16N4O2. The lowest BCUT2D eigenvalue weighted by Gasteiger charge is -2.16. The van der Waals surface area contributed by atoms with Crippen LogP contribution in [0.3, 0.4) is 0 Å². The molecule has 0 aliphatic rings. The lowest BCUT2D eigenvalue weighted by Crippen LogP contribution is -2.18. The Kier molecular flexibility index (Phi) is 3.24. The first-order valence-electron chi connectivity index (χ1n) is 7.44. The van der Waals surface area contributed by atoms with Crippen LogP contribution in [0.25, 0.3) is 22.1 Å². The van der Waals surface area contributed by atoms with Gasteiger partial charge in [0.15, 0.2) is 11.5 Å². The van der Waals surface area contributed by atoms with Crippen molar-refractivity contribution in [3.05, 3.63) is 54.4 Å². The summed E-state index contributed by atoms with van der Waals surface area (Å²) >= 11 is 0. The maximum atomic E-state index is 9.84. The molecule has 0 amide bonds. The van der Waals surface area contributed by atoms with Gasteiger partial charge < -0.3 is 19.8 Å². The van der Waals surface area contributed by atoms with Crippen molar-refractivity contribution in [3.8, 4) is 0 Å². The molecule has 23 heavy (non-hydrogen) atoms. The van der Waals surface area contributed by atoms with Crippen LogP contribution in [0.15, 0.2) is 52.9 Å². The Morgan fingerprint density at radius 2 is 1.78 bits per heavy atom. The average Bonchev–Trinajstić information content (AvgIpc) is 3.12. The lowest BCUT2D eigenvalue weighted by atomic mass is 10.2. The fraction of sp³-hybridized carbons (Fsp3) is 0.176. The highest BCUT2D eigenvalue weighted by Crippen LogP contribution is 2.26. The SMILES string of the molecule is Nc1nc2ccccc2n1C(CO)Cc1nc2ccccc2o1. The molecule has 1 atom stereocenters. The van der Waals surface area contributed by atoms with Gasteiger partial charge in [-0.15, -0.1) is 0 Å². The number of oxazole rings is 1. The van der Waals surface area contributed by atoms with Gasteiger partial charge in [-0.3, -0.25) is 0 Å². The van der Waals surface area contributed by atoms with Gasteiger partial charge in [0.05, 0.1) is 23.7 Å². The summed E-state index contributed by atoms with van der Waals surface area (Å²) in [6, 6.07) is 15.0. The molecule has 2 heterocycles. The molecule has 6 nitrogen and oxygen atoms in total. The molecule has 0 radical (unpaired) electrons. The summed E-state index contributed by atoms with van der Waals surface area (Å²) in [7, 11) is 0. The Morgan fingerprint density at radius 1 is 1.04 bits per heavy atom. The highest BCUT2D eigenvalue weighted by Gasteiger charge is 2.20. The predicted molar refractivity (Wildman–Crippen MR) is 88.0 cm³/mol. The second kappa shape index (κ2) is 5.40. The quantitative estimate of drug-likeness (QED) is 0.604. The van der Waals surface area contributed by atoms with Crippen molar-refractivity contribution in [1.29, 1.82) is 0 Å². The van der Waals surface area contributed by atoms with Crippen LogP contribution in [-0.2, 0) is 6.42 Å². The fourth-order valence-corrected chi connectivity index (χ4v) is 2.89. The Labute approximate surface area is 132 Å². The summed E-state index contributed by atoms with van der Waals surface area (Å²) < 4.78 is 7.59. The molecule has 0 spiro atoms. The van der Waals surface area contributed by atoms with E-state index in [4.69, 9.17) is 10.2 Å². The van der Waals surface area contributed by atoms with E-state index >= 15 is 0 Å². The van der Waals surface area contributed by atoms with E-state index in [-0.39, 0.29) is 12.6 Å². The van der Waals surface area contributed by atoms with Gasteiger partial charge in [-0.05, 0) is 24.3 Å². The molecule has 0 aliphatic carbocycles. The van der Waals surface area contributed by atoms with Crippen molar-refractivity contribution in [2.45, 2.75) is 12.5 Å². The first-order chi connectivity index (χ1) is 11.3. The van der Waals surface area contributed by atoms with Gasteiger partial charge in [0, 0.05) is 6.42 Å². The number of anilines is 1. The molecule has 6 heteroatoms. The molecule has 2 aromatic heterocycles. The summed E-state index contributed by atoms with van der Waals surface area (Å²) in [5.74, 6) is 0.948. The molecule has 0 saturated heterocycles. The van der Waals surface area contributed by atoms with Gasteiger partial charge in [-0.25, -0.2) is 9.97 Å². The van der Waals surface area contributed by atoms with Crippen molar-refractivity contribution in [2.75, 3.05) is 12.3 Å². The van der Waals surface area contributed by atoms with Crippen LogP contribution in [0.4, 0.5) is 5.95 Å². The van der Waals surface area contributed by atoms with E-state index in [9.17, 15) is 5.11 Å². The minimum atomic E-state index is -0.282. The van der Waals surface area contributed by atoms with Crippen molar-refractivity contribution in [3.63, 3.8) is 0 Å². The van der Waals surface area contributed by atoms with E-state index in [1.807, 2.05) is 53.1 Å². The second-order valence-electron chi connectivity index (χ2n) is 5.44. The normalized spacial score (nSPS) is 12.9. The number of fused-ring (bicyclic) bond motifs is 2. The van der Waals surface area contributed by atoms with Gasteiger partial charge in [0.1, 0.15) is 5.52 Å². The number of nitrogens with two attached hydrogens (primary N) is 1. The molecular weight excluding hydrogens is 292 g/mol. The van der Waals surface area contributed by atoms with E-state index in [1.165, 1.54) is 0 Å². The minimum absolute atomic E-state index is 0.0801. The zero-order chi connectivity index (χ0) is 15.8. The highest BCUT2D eigenvalue weighted by molar-refractivity contribution is 5.78. The van der Waals surface area contributed by atoms with Crippen LogP contribution in [0, 0.1) is 0 Å². The molecule has 116 valence electrons. The summed E-state index contributed by atoms with van der Waals surface area (Å²) in [6.45, 7) is -0.0801. The maximum absolute atomic E-state index is 9.84. The number of aliphatic hydroxyl groups is 1. The Bertz CT molecular complexity index is 940. The van der Waals surface area contributed by atoms with E-state index in [0.717, 1.165) is 22.1 Å². The Hall–Kier alpha value is -2.86. The van der Waals surface area contributed by atoms with Crippen molar-refractivity contribution >= 4 is 28.1 Å². The number of hydrogen-bond acceptors (Lipinski definition) is 5. The summed E-state index contributed by atoms with van der Waals surface area (Å²) in [5.41, 5.74) is 9.29. The number of imidazole rings is 1. The topological polar surface area (TPSA) is 90.1 Å². The molecule has 4 rings (SSSR count). The van der Waals surface area contributed by atoms with Crippen LogP contribution in [0.2, 0.25) is 0 Å². The fourth-order valence-electron chi connectivity index (χ4n) is 2.89. The number of nitrogens with zero attached hydrogens (tertiary/aromatic N) is 3. The van der Waals surface area contributed by atoms with Crippen LogP contribution < -0.4 is 5.73 Å². The van der Waals surface area contributed by atoms with Gasteiger partial charge in [0.2, 0.25) is 5.95 Å². The number of para-hydroxylation sites is 4. The zero-order valence-electron chi connectivity index (χ0n) is 12.4. The van der Waals surface area contributed by atoms with Gasteiger partial charge >= 0.3 is 0 Å². The summed E-state index contributed by atoms with van der Waals surface area (Å²) in [5, 5.41) is 9.84. The van der Waals surface area contributed by atoms with Crippen molar-refractivity contribution in [2.24, 2.45) is 0 Å². The third kappa shape index (κ3) is 2.33. The Balaban J connectivity index is 1.74. The van der Waals surface area contributed by atoms with Gasteiger partial charge in [0.25, 0.3) is 0 Å². The second-order valence-corrected chi connectivity index (χ2v) is 5.44. The third-order valence-corrected chi connectivity index (χ3v) is 3.95. The number of benzene rings is 2. The van der Waals surface area contributed by atoms with Gasteiger partial charge in [-0.2, -0.15) is 0 Å². The molecule has 0 fully saturated rings. The first kappa shape index (κ1) is 13.8. The van der Waals surface area contributed by atoms with Crippen LogP contribution in [-0.4, -0.2) is 26.2 Å². The number of rotatable bonds is 4. The molecule has 1 unspecified atom stereocenters. The largest absolute Gasteiger partial charge is 0.441 e. The van der Waals surface area contributed by atoms with Crippen molar-refractivity contribution in [1.82, 2.24) is 14.5 Å². The molecule has 3 N–H and O–H groups in total. The summed E-state index contributed by atoms with van der Waals surface area (Å²) in [6.07, 6.45) is 0.440. The molecule has 4 aromatic rings. The molecule has 2 aromatic carbocycles. The number of hydrogen-bond donors (Lipinski definition) is 2. The van der Waals surface area contributed by atoms with E-state index < -0.39 is 0 Å². The van der Waals surface area contributed by atoms with E-state index in [2.05, 4.69) is 9.97 Å². The first-order valence-corrected chi connectivity index (χ1v) is 7.44. The lowest BCUT2D eigenvalue weighted by molar-refractivity contribution is 0.224. The standard InChI is InChI=1S/C17H16N4O2/c18-17-20-12-5-1-3-7-14(12)21(17)11(10-22)9-16-19-13-6-2-4-8-15(13)23-16/h1-8,11,22H,9-10H2,(H2,18,20). The molecule has 0 saturated carbocycles. The van der Waals surface area contributed by atoms with E-state index in [0.29, 0.717) is 18.3 Å². The smallest absolute Gasteiger partial charge is 0.201 e. The summed E-state index contributed by atoms with van der Waals surface area (Å²) in [4.78, 5) is 8.81. The monoisotopic (exact) mass is 308 g/mol. The number of aromatic nitrogens is 3. The molecule has 0 bridgehead atoms. The highest BCUT2D eigenvalue weighted by atomic mass is 16.3. The number of nitrogen functional groups attached to an aromatic ring is 1. The zero-order valence-corrected chi connectivity index (χ0v) is 12.4. The maximum Gasteiger partial charge on any atom is 0.201 e. The number of aliphatic hydroxyl groups excluding tert-OH is 1.